The lowest BCUT2D eigenvalue weighted by atomic mass is 10.1. The predicted molar refractivity (Wildman–Crippen MR) is 72.3 cm³/mol. The number of hydrogen-bond donors (Lipinski definition) is 2. The van der Waals surface area contributed by atoms with Crippen molar-refractivity contribution in [1.82, 2.24) is 10.3 Å². The van der Waals surface area contributed by atoms with Crippen molar-refractivity contribution in [2.75, 3.05) is 12.3 Å². The first-order valence-corrected chi connectivity index (χ1v) is 6.81. The molecule has 1 aliphatic rings. The van der Waals surface area contributed by atoms with E-state index < -0.39 is 0 Å². The lowest BCUT2D eigenvalue weighted by molar-refractivity contribution is 0.0977. The molecule has 1 unspecified atom stereocenters. The van der Waals surface area contributed by atoms with Crippen LogP contribution in [0.3, 0.4) is 0 Å². The zero-order chi connectivity index (χ0) is 12.5. The van der Waals surface area contributed by atoms with Crippen LogP contribution < -0.4 is 5.32 Å². The second-order valence-electron chi connectivity index (χ2n) is 4.15. The van der Waals surface area contributed by atoms with Crippen molar-refractivity contribution in [3.8, 4) is 0 Å². The monoisotopic (exact) mass is 260 g/mol. The van der Waals surface area contributed by atoms with Gasteiger partial charge in [-0.1, -0.05) is 18.2 Å². The standard InChI is InChI=1S/C13H12N2O2S/c16-7-10-11(12(17)13-14-5-6-18-13)8-3-1-2-4-9(8)15-10/h1-4,7,13-15H,5-6H2. The molecule has 0 amide bonds. The minimum absolute atomic E-state index is 0.0166. The van der Waals surface area contributed by atoms with Gasteiger partial charge in [0, 0.05) is 23.2 Å². The minimum Gasteiger partial charge on any atom is -0.352 e. The van der Waals surface area contributed by atoms with Gasteiger partial charge in [-0.25, -0.2) is 0 Å². The van der Waals surface area contributed by atoms with Gasteiger partial charge < -0.3 is 4.98 Å². The smallest absolute Gasteiger partial charge is 0.192 e. The average Bonchev–Trinajstić information content (AvgIpc) is 3.04. The summed E-state index contributed by atoms with van der Waals surface area (Å²) in [5.41, 5.74) is 1.70. The number of carbonyl (C=O) groups is 2. The quantitative estimate of drug-likeness (QED) is 0.653. The number of para-hydroxylation sites is 1. The summed E-state index contributed by atoms with van der Waals surface area (Å²) >= 11 is 1.59. The number of aromatic amines is 1. The van der Waals surface area contributed by atoms with E-state index in [1.54, 1.807) is 11.8 Å². The fourth-order valence-corrected chi connectivity index (χ4v) is 3.22. The van der Waals surface area contributed by atoms with Gasteiger partial charge in [0.1, 0.15) is 5.37 Å². The van der Waals surface area contributed by atoms with Crippen molar-refractivity contribution < 1.29 is 9.59 Å². The van der Waals surface area contributed by atoms with Crippen LogP contribution in [-0.4, -0.2) is 34.7 Å². The Morgan fingerprint density at radius 3 is 2.94 bits per heavy atom. The maximum Gasteiger partial charge on any atom is 0.192 e. The Bertz CT molecular complexity index is 614. The van der Waals surface area contributed by atoms with Crippen LogP contribution in [0.25, 0.3) is 10.9 Å². The summed E-state index contributed by atoms with van der Waals surface area (Å²) in [5, 5.41) is 3.73. The number of rotatable bonds is 3. The highest BCUT2D eigenvalue weighted by Gasteiger charge is 2.28. The SMILES string of the molecule is O=Cc1[nH]c2ccccc2c1C(=O)C1NCCS1. The number of benzene rings is 1. The zero-order valence-corrected chi connectivity index (χ0v) is 10.4. The highest BCUT2D eigenvalue weighted by atomic mass is 32.2. The molecule has 2 heterocycles. The molecule has 1 atom stereocenters. The summed E-state index contributed by atoms with van der Waals surface area (Å²) in [5.74, 6) is 0.909. The molecule has 5 heteroatoms. The Kier molecular flexibility index (Phi) is 2.93. The van der Waals surface area contributed by atoms with Gasteiger partial charge in [0.2, 0.25) is 0 Å². The highest BCUT2D eigenvalue weighted by Crippen LogP contribution is 2.26. The topological polar surface area (TPSA) is 62.0 Å². The molecule has 0 aliphatic carbocycles. The lowest BCUT2D eigenvalue weighted by Gasteiger charge is -2.07. The van der Waals surface area contributed by atoms with Crippen LogP contribution in [0.4, 0.5) is 0 Å². The molecular weight excluding hydrogens is 248 g/mol. The molecular formula is C13H12N2O2S. The van der Waals surface area contributed by atoms with Crippen LogP contribution in [0.1, 0.15) is 20.8 Å². The van der Waals surface area contributed by atoms with Crippen LogP contribution in [0.2, 0.25) is 0 Å². The molecule has 0 radical (unpaired) electrons. The summed E-state index contributed by atoms with van der Waals surface area (Å²) in [6, 6.07) is 7.49. The number of Topliss-reactive ketones (excluding diaryl/α,β-unsaturated/α-hetero) is 1. The Balaban J connectivity index is 2.14. The summed E-state index contributed by atoms with van der Waals surface area (Å²) in [6.45, 7) is 0.833. The number of carbonyl (C=O) groups excluding carboxylic acids is 2. The third-order valence-corrected chi connectivity index (χ3v) is 4.21. The second-order valence-corrected chi connectivity index (χ2v) is 5.36. The molecule has 2 N–H and O–H groups in total. The maximum atomic E-state index is 12.4. The van der Waals surface area contributed by atoms with E-state index in [0.29, 0.717) is 17.5 Å². The van der Waals surface area contributed by atoms with Crippen LogP contribution in [0.15, 0.2) is 24.3 Å². The zero-order valence-electron chi connectivity index (χ0n) is 9.60. The molecule has 1 saturated heterocycles. The number of fused-ring (bicyclic) bond motifs is 1. The fourth-order valence-electron chi connectivity index (χ4n) is 2.24. The van der Waals surface area contributed by atoms with Gasteiger partial charge in [0.05, 0.1) is 11.3 Å². The number of nitrogens with one attached hydrogen (secondary N) is 2. The number of hydrogen-bond acceptors (Lipinski definition) is 4. The third-order valence-electron chi connectivity index (χ3n) is 3.05. The maximum absolute atomic E-state index is 12.4. The van der Waals surface area contributed by atoms with E-state index in [9.17, 15) is 9.59 Å². The van der Waals surface area contributed by atoms with Gasteiger partial charge >= 0.3 is 0 Å². The van der Waals surface area contributed by atoms with Crippen molar-refractivity contribution in [1.29, 1.82) is 0 Å². The molecule has 4 nitrogen and oxygen atoms in total. The molecule has 18 heavy (non-hydrogen) atoms. The predicted octanol–water partition coefficient (Wildman–Crippen LogP) is 1.83. The molecule has 3 rings (SSSR count). The van der Waals surface area contributed by atoms with Crippen LogP contribution in [0.5, 0.6) is 0 Å². The van der Waals surface area contributed by atoms with Gasteiger partial charge in [-0.15, -0.1) is 11.8 Å². The second kappa shape index (κ2) is 4.59. The van der Waals surface area contributed by atoms with E-state index in [1.807, 2.05) is 24.3 Å². The number of aromatic nitrogens is 1. The first kappa shape index (κ1) is 11.5. The molecule has 1 fully saturated rings. The van der Waals surface area contributed by atoms with Crippen molar-refractivity contribution in [2.24, 2.45) is 0 Å². The Morgan fingerprint density at radius 1 is 1.39 bits per heavy atom. The molecule has 1 aromatic carbocycles. The number of aldehydes is 1. The summed E-state index contributed by atoms with van der Waals surface area (Å²) < 4.78 is 0. The van der Waals surface area contributed by atoms with E-state index in [2.05, 4.69) is 10.3 Å². The Hall–Kier alpha value is -1.59. The van der Waals surface area contributed by atoms with Crippen LogP contribution >= 0.6 is 11.8 Å². The summed E-state index contributed by atoms with van der Waals surface area (Å²) in [4.78, 5) is 26.5. The Morgan fingerprint density at radius 2 is 2.22 bits per heavy atom. The minimum atomic E-state index is -0.233. The largest absolute Gasteiger partial charge is 0.352 e. The van der Waals surface area contributed by atoms with E-state index in [4.69, 9.17) is 0 Å². The summed E-state index contributed by atoms with van der Waals surface area (Å²) in [6.07, 6.45) is 0.715. The normalized spacial score (nSPS) is 19.2. The number of ketones is 1. The third kappa shape index (κ3) is 1.76. The van der Waals surface area contributed by atoms with Crippen molar-refractivity contribution >= 4 is 34.7 Å². The molecule has 1 aliphatic heterocycles. The van der Waals surface area contributed by atoms with Crippen LogP contribution in [0, 0.1) is 0 Å². The van der Waals surface area contributed by atoms with E-state index >= 15 is 0 Å². The number of H-pyrrole nitrogens is 1. The van der Waals surface area contributed by atoms with Crippen molar-refractivity contribution in [3.63, 3.8) is 0 Å². The highest BCUT2D eigenvalue weighted by molar-refractivity contribution is 8.00. The van der Waals surface area contributed by atoms with Gasteiger partial charge in [0.15, 0.2) is 12.1 Å². The fraction of sp³-hybridized carbons (Fsp3) is 0.231. The molecule has 92 valence electrons. The van der Waals surface area contributed by atoms with Gasteiger partial charge in [0.25, 0.3) is 0 Å². The molecule has 0 bridgehead atoms. The lowest BCUT2D eigenvalue weighted by Crippen LogP contribution is -2.29. The van der Waals surface area contributed by atoms with Gasteiger partial charge in [-0.2, -0.15) is 0 Å². The molecule has 2 aromatic rings. The molecule has 0 spiro atoms. The Labute approximate surface area is 108 Å². The van der Waals surface area contributed by atoms with Crippen molar-refractivity contribution in [3.05, 3.63) is 35.5 Å². The van der Waals surface area contributed by atoms with E-state index in [0.717, 1.165) is 23.2 Å². The average molecular weight is 260 g/mol. The van der Waals surface area contributed by atoms with Gasteiger partial charge in [-0.05, 0) is 6.07 Å². The van der Waals surface area contributed by atoms with E-state index in [-0.39, 0.29) is 11.2 Å². The first-order valence-electron chi connectivity index (χ1n) is 5.76. The van der Waals surface area contributed by atoms with Gasteiger partial charge in [-0.3, -0.25) is 14.9 Å². The molecule has 1 aromatic heterocycles. The first-order chi connectivity index (χ1) is 8.81. The molecule has 0 saturated carbocycles. The van der Waals surface area contributed by atoms with Crippen molar-refractivity contribution in [2.45, 2.75) is 5.37 Å². The number of thioether (sulfide) groups is 1. The summed E-state index contributed by atoms with van der Waals surface area (Å²) in [7, 11) is 0. The van der Waals surface area contributed by atoms with Crippen LogP contribution in [-0.2, 0) is 0 Å². The van der Waals surface area contributed by atoms with E-state index in [1.165, 1.54) is 0 Å².